The van der Waals surface area contributed by atoms with Crippen LogP contribution in [0.25, 0.3) is 0 Å². The summed E-state index contributed by atoms with van der Waals surface area (Å²) < 4.78 is 13.3. The maximum Gasteiger partial charge on any atom is 0.168 e. The van der Waals surface area contributed by atoms with Crippen molar-refractivity contribution >= 4 is 17.4 Å². The van der Waals surface area contributed by atoms with Crippen LogP contribution in [0.1, 0.15) is 41.3 Å². The molecule has 0 atom stereocenters. The number of halogens is 2. The van der Waals surface area contributed by atoms with Gasteiger partial charge < -0.3 is 0 Å². The zero-order valence-electron chi connectivity index (χ0n) is 11.5. The maximum atomic E-state index is 13.3. The lowest BCUT2D eigenvalue weighted by molar-refractivity contribution is 0.0992. The zero-order chi connectivity index (χ0) is 14.7. The third-order valence-corrected chi connectivity index (χ3v) is 3.65. The van der Waals surface area contributed by atoms with Crippen molar-refractivity contribution in [2.24, 2.45) is 0 Å². The zero-order valence-corrected chi connectivity index (χ0v) is 12.2. The second-order valence-electron chi connectivity index (χ2n) is 5.10. The first-order chi connectivity index (χ1) is 9.49. The van der Waals surface area contributed by atoms with Crippen molar-refractivity contribution in [3.8, 4) is 0 Å². The van der Waals surface area contributed by atoms with Crippen molar-refractivity contribution in [3.63, 3.8) is 0 Å². The fourth-order valence-corrected chi connectivity index (χ4v) is 2.25. The Hall–Kier alpha value is -1.67. The minimum Gasteiger partial charge on any atom is -0.294 e. The summed E-state index contributed by atoms with van der Waals surface area (Å²) in [7, 11) is 0. The summed E-state index contributed by atoms with van der Waals surface area (Å²) in [6.45, 7) is 4.24. The molecule has 104 valence electrons. The molecule has 2 rings (SSSR count). The number of benzene rings is 2. The minimum absolute atomic E-state index is 0.101. The Bertz CT molecular complexity index is 617. The number of hydrogen-bond acceptors (Lipinski definition) is 1. The molecule has 2 aromatic rings. The SMILES string of the molecule is CC(C)c1ccc(CC(=O)c2cccc(F)c2Cl)cc1. The standard InChI is InChI=1S/C17H16ClFO/c1-11(2)13-8-6-12(7-9-13)10-16(20)14-4-3-5-15(19)17(14)18/h3-9,11H,10H2,1-2H3. The van der Waals surface area contributed by atoms with Crippen LogP contribution in [0.4, 0.5) is 4.39 Å². The second kappa shape index (κ2) is 6.19. The van der Waals surface area contributed by atoms with Crippen molar-refractivity contribution in [1.29, 1.82) is 0 Å². The summed E-state index contributed by atoms with van der Waals surface area (Å²) in [6.07, 6.45) is 0.224. The Morgan fingerprint density at radius 1 is 1.15 bits per heavy atom. The van der Waals surface area contributed by atoms with E-state index < -0.39 is 5.82 Å². The van der Waals surface area contributed by atoms with Crippen LogP contribution in [-0.4, -0.2) is 5.78 Å². The van der Waals surface area contributed by atoms with Gasteiger partial charge in [0.05, 0.1) is 5.02 Å². The van der Waals surface area contributed by atoms with Gasteiger partial charge in [0.2, 0.25) is 0 Å². The molecule has 1 nitrogen and oxygen atoms in total. The van der Waals surface area contributed by atoms with Gasteiger partial charge in [-0.1, -0.05) is 55.8 Å². The normalized spacial score (nSPS) is 10.8. The largest absolute Gasteiger partial charge is 0.294 e. The molecule has 0 radical (unpaired) electrons. The Balaban J connectivity index is 2.17. The van der Waals surface area contributed by atoms with Crippen LogP contribution < -0.4 is 0 Å². The van der Waals surface area contributed by atoms with Crippen LogP contribution in [0.15, 0.2) is 42.5 Å². The lowest BCUT2D eigenvalue weighted by atomic mass is 9.98. The molecule has 0 aliphatic heterocycles. The molecule has 0 saturated carbocycles. The summed E-state index contributed by atoms with van der Waals surface area (Å²) in [6, 6.07) is 12.2. The highest BCUT2D eigenvalue weighted by atomic mass is 35.5. The number of ketones is 1. The molecule has 0 aliphatic rings. The number of Topliss-reactive ketones (excluding diaryl/α,β-unsaturated/α-hetero) is 1. The van der Waals surface area contributed by atoms with Gasteiger partial charge in [0, 0.05) is 12.0 Å². The van der Waals surface area contributed by atoms with Gasteiger partial charge in [0.25, 0.3) is 0 Å². The highest BCUT2D eigenvalue weighted by Crippen LogP contribution is 2.22. The van der Waals surface area contributed by atoms with Crippen LogP contribution in [0, 0.1) is 5.82 Å². The van der Waals surface area contributed by atoms with E-state index in [1.165, 1.54) is 17.7 Å². The summed E-state index contributed by atoms with van der Waals surface area (Å²) in [4.78, 5) is 12.2. The van der Waals surface area contributed by atoms with Crippen LogP contribution >= 0.6 is 11.6 Å². The van der Waals surface area contributed by atoms with E-state index in [1.807, 2.05) is 24.3 Å². The van der Waals surface area contributed by atoms with E-state index in [-0.39, 0.29) is 22.8 Å². The first kappa shape index (κ1) is 14.7. The van der Waals surface area contributed by atoms with Gasteiger partial charge in [-0.3, -0.25) is 4.79 Å². The van der Waals surface area contributed by atoms with E-state index >= 15 is 0 Å². The van der Waals surface area contributed by atoms with E-state index in [2.05, 4.69) is 13.8 Å². The summed E-state index contributed by atoms with van der Waals surface area (Å²) >= 11 is 5.83. The number of carbonyl (C=O) groups is 1. The average Bonchev–Trinajstić information content (AvgIpc) is 2.42. The number of rotatable bonds is 4. The minimum atomic E-state index is -0.562. The van der Waals surface area contributed by atoms with Gasteiger partial charge in [0.15, 0.2) is 5.78 Å². The van der Waals surface area contributed by atoms with Gasteiger partial charge in [0.1, 0.15) is 5.82 Å². The van der Waals surface area contributed by atoms with Crippen molar-refractivity contribution in [3.05, 3.63) is 70.0 Å². The monoisotopic (exact) mass is 290 g/mol. The van der Waals surface area contributed by atoms with Gasteiger partial charge in [-0.05, 0) is 29.2 Å². The molecule has 0 spiro atoms. The van der Waals surface area contributed by atoms with E-state index in [0.717, 1.165) is 5.56 Å². The van der Waals surface area contributed by atoms with Gasteiger partial charge in [-0.15, -0.1) is 0 Å². The molecule has 0 fully saturated rings. The molecule has 0 saturated heterocycles. The molecule has 0 aromatic heterocycles. The molecule has 2 aromatic carbocycles. The Kier molecular flexibility index (Phi) is 4.56. The smallest absolute Gasteiger partial charge is 0.168 e. The second-order valence-corrected chi connectivity index (χ2v) is 5.48. The molecule has 0 heterocycles. The third kappa shape index (κ3) is 3.26. The Morgan fingerprint density at radius 2 is 1.80 bits per heavy atom. The molecular weight excluding hydrogens is 275 g/mol. The predicted octanol–water partition coefficient (Wildman–Crippen LogP) is 5.03. The van der Waals surface area contributed by atoms with Gasteiger partial charge >= 0.3 is 0 Å². The highest BCUT2D eigenvalue weighted by molar-refractivity contribution is 6.34. The van der Waals surface area contributed by atoms with Gasteiger partial charge in [-0.25, -0.2) is 4.39 Å². The fourth-order valence-electron chi connectivity index (χ4n) is 2.02. The first-order valence-corrected chi connectivity index (χ1v) is 6.93. The Labute approximate surface area is 123 Å². The van der Waals surface area contributed by atoms with Crippen LogP contribution in [0.2, 0.25) is 5.02 Å². The molecule has 3 heteroatoms. The van der Waals surface area contributed by atoms with E-state index in [1.54, 1.807) is 6.07 Å². The highest BCUT2D eigenvalue weighted by Gasteiger charge is 2.14. The molecule has 0 bridgehead atoms. The summed E-state index contributed by atoms with van der Waals surface area (Å²) in [5.41, 5.74) is 2.37. The molecule has 0 N–H and O–H groups in total. The Morgan fingerprint density at radius 3 is 2.40 bits per heavy atom. The first-order valence-electron chi connectivity index (χ1n) is 6.55. The number of hydrogen-bond donors (Lipinski definition) is 0. The predicted molar refractivity (Wildman–Crippen MR) is 80.0 cm³/mol. The maximum absolute atomic E-state index is 13.3. The van der Waals surface area contributed by atoms with E-state index in [9.17, 15) is 9.18 Å². The van der Waals surface area contributed by atoms with E-state index in [0.29, 0.717) is 5.92 Å². The topological polar surface area (TPSA) is 17.1 Å². The molecule has 0 aliphatic carbocycles. The fraction of sp³-hybridized carbons (Fsp3) is 0.235. The molecule has 0 amide bonds. The summed E-state index contributed by atoms with van der Waals surface area (Å²) in [5.74, 6) is -0.281. The number of carbonyl (C=O) groups excluding carboxylic acids is 1. The summed E-state index contributed by atoms with van der Waals surface area (Å²) in [5, 5.41) is -0.101. The van der Waals surface area contributed by atoms with Crippen molar-refractivity contribution in [2.75, 3.05) is 0 Å². The molecule has 20 heavy (non-hydrogen) atoms. The molecule has 0 unspecified atom stereocenters. The van der Waals surface area contributed by atoms with Crippen LogP contribution in [-0.2, 0) is 6.42 Å². The lowest BCUT2D eigenvalue weighted by Gasteiger charge is -2.07. The van der Waals surface area contributed by atoms with Crippen molar-refractivity contribution in [2.45, 2.75) is 26.2 Å². The third-order valence-electron chi connectivity index (χ3n) is 3.26. The average molecular weight is 291 g/mol. The van der Waals surface area contributed by atoms with Crippen molar-refractivity contribution < 1.29 is 9.18 Å². The lowest BCUT2D eigenvalue weighted by Crippen LogP contribution is -2.05. The van der Waals surface area contributed by atoms with Crippen LogP contribution in [0.3, 0.4) is 0 Å². The van der Waals surface area contributed by atoms with Crippen LogP contribution in [0.5, 0.6) is 0 Å². The quantitative estimate of drug-likeness (QED) is 0.722. The molecular formula is C17H16ClFO. The van der Waals surface area contributed by atoms with Gasteiger partial charge in [-0.2, -0.15) is 0 Å². The van der Waals surface area contributed by atoms with Crippen molar-refractivity contribution in [1.82, 2.24) is 0 Å². The van der Waals surface area contributed by atoms with E-state index in [4.69, 9.17) is 11.6 Å².